The Morgan fingerprint density at radius 2 is 1.89 bits per heavy atom. The number of hydrogen-bond acceptors (Lipinski definition) is 3. The van der Waals surface area contributed by atoms with Crippen LogP contribution in [0.15, 0.2) is 24.5 Å². The van der Waals surface area contributed by atoms with E-state index in [-0.39, 0.29) is 5.91 Å². The topological polar surface area (TPSA) is 42.4 Å². The number of methoxy groups -OCH3 is 1. The molecule has 1 amide bonds. The van der Waals surface area contributed by atoms with E-state index in [1.54, 1.807) is 31.6 Å². The van der Waals surface area contributed by atoms with Crippen LogP contribution >= 0.6 is 0 Å². The number of piperidine rings is 1. The van der Waals surface area contributed by atoms with E-state index in [2.05, 4.69) is 9.88 Å². The summed E-state index contributed by atoms with van der Waals surface area (Å²) in [6.45, 7) is 0. The molecule has 2 saturated heterocycles. The zero-order chi connectivity index (χ0) is 12.5. The van der Waals surface area contributed by atoms with Crippen molar-refractivity contribution in [2.24, 2.45) is 0 Å². The van der Waals surface area contributed by atoms with Crippen LogP contribution in [-0.2, 0) is 4.74 Å². The predicted octanol–water partition coefficient (Wildman–Crippen LogP) is 1.86. The van der Waals surface area contributed by atoms with Crippen LogP contribution in [0.3, 0.4) is 0 Å². The van der Waals surface area contributed by atoms with Crippen LogP contribution in [0, 0.1) is 0 Å². The van der Waals surface area contributed by atoms with E-state index >= 15 is 0 Å². The van der Waals surface area contributed by atoms with Crippen LogP contribution < -0.4 is 0 Å². The highest BCUT2D eigenvalue weighted by molar-refractivity contribution is 5.94. The average molecular weight is 246 g/mol. The average Bonchev–Trinajstić information content (AvgIpc) is 2.69. The molecule has 4 heteroatoms. The first-order chi connectivity index (χ1) is 8.79. The third-order valence-electron chi connectivity index (χ3n) is 4.18. The van der Waals surface area contributed by atoms with Gasteiger partial charge in [-0.3, -0.25) is 9.78 Å². The number of nitrogens with zero attached hydrogens (tertiary/aromatic N) is 2. The quantitative estimate of drug-likeness (QED) is 0.800. The lowest BCUT2D eigenvalue weighted by Crippen LogP contribution is -2.48. The number of fused-ring (bicyclic) bond motifs is 2. The van der Waals surface area contributed by atoms with Crippen molar-refractivity contribution >= 4 is 5.91 Å². The molecule has 0 aromatic carbocycles. The van der Waals surface area contributed by atoms with Gasteiger partial charge in [0, 0.05) is 37.2 Å². The molecule has 0 radical (unpaired) electrons. The monoisotopic (exact) mass is 246 g/mol. The van der Waals surface area contributed by atoms with Gasteiger partial charge in [0.15, 0.2) is 0 Å². The molecule has 2 unspecified atom stereocenters. The maximum Gasteiger partial charge on any atom is 0.254 e. The molecule has 18 heavy (non-hydrogen) atoms. The second-order valence-electron chi connectivity index (χ2n) is 5.16. The molecule has 3 heterocycles. The van der Waals surface area contributed by atoms with Crippen LogP contribution in [-0.4, -0.2) is 41.1 Å². The van der Waals surface area contributed by atoms with Crippen LogP contribution in [0.4, 0.5) is 0 Å². The summed E-state index contributed by atoms with van der Waals surface area (Å²) in [4.78, 5) is 18.5. The van der Waals surface area contributed by atoms with Gasteiger partial charge in [0.25, 0.3) is 5.91 Å². The van der Waals surface area contributed by atoms with Crippen molar-refractivity contribution in [3.63, 3.8) is 0 Å². The first-order valence-corrected chi connectivity index (χ1v) is 6.55. The molecular formula is C14H18N2O2. The summed E-state index contributed by atoms with van der Waals surface area (Å²) >= 11 is 0. The maximum absolute atomic E-state index is 12.5. The van der Waals surface area contributed by atoms with E-state index in [0.717, 1.165) is 31.2 Å². The third kappa shape index (κ3) is 1.90. The molecule has 2 aliphatic heterocycles. The van der Waals surface area contributed by atoms with E-state index in [0.29, 0.717) is 18.2 Å². The van der Waals surface area contributed by atoms with Gasteiger partial charge in [0.1, 0.15) is 0 Å². The first-order valence-electron chi connectivity index (χ1n) is 6.55. The van der Waals surface area contributed by atoms with Gasteiger partial charge in [-0.1, -0.05) is 0 Å². The Labute approximate surface area is 107 Å². The highest BCUT2D eigenvalue weighted by Gasteiger charge is 2.43. The molecular weight excluding hydrogens is 228 g/mol. The zero-order valence-electron chi connectivity index (χ0n) is 10.6. The van der Waals surface area contributed by atoms with Crippen molar-refractivity contribution in [2.75, 3.05) is 7.11 Å². The van der Waals surface area contributed by atoms with Crippen LogP contribution in [0.25, 0.3) is 0 Å². The number of ether oxygens (including phenoxy) is 1. The van der Waals surface area contributed by atoms with Crippen molar-refractivity contribution in [1.82, 2.24) is 9.88 Å². The van der Waals surface area contributed by atoms with Gasteiger partial charge in [0.05, 0.1) is 6.10 Å². The summed E-state index contributed by atoms with van der Waals surface area (Å²) < 4.78 is 5.46. The Balaban J connectivity index is 1.80. The Morgan fingerprint density at radius 1 is 1.28 bits per heavy atom. The summed E-state index contributed by atoms with van der Waals surface area (Å²) in [5, 5.41) is 0. The number of carbonyl (C=O) groups is 1. The van der Waals surface area contributed by atoms with Gasteiger partial charge in [0.2, 0.25) is 0 Å². The van der Waals surface area contributed by atoms with Gasteiger partial charge in [-0.05, 0) is 37.8 Å². The number of pyridine rings is 1. The predicted molar refractivity (Wildman–Crippen MR) is 67.2 cm³/mol. The highest BCUT2D eigenvalue weighted by Crippen LogP contribution is 2.37. The lowest BCUT2D eigenvalue weighted by Gasteiger charge is -2.38. The SMILES string of the molecule is COC1CC2CCC(C1)N2C(=O)c1ccncc1. The molecule has 2 atom stereocenters. The smallest absolute Gasteiger partial charge is 0.254 e. The van der Waals surface area contributed by atoms with Gasteiger partial charge >= 0.3 is 0 Å². The zero-order valence-corrected chi connectivity index (χ0v) is 10.6. The Morgan fingerprint density at radius 3 is 2.44 bits per heavy atom. The third-order valence-corrected chi connectivity index (χ3v) is 4.18. The van der Waals surface area contributed by atoms with E-state index in [1.807, 2.05) is 0 Å². The summed E-state index contributed by atoms with van der Waals surface area (Å²) in [7, 11) is 1.77. The van der Waals surface area contributed by atoms with Crippen molar-refractivity contribution in [2.45, 2.75) is 43.9 Å². The molecule has 0 spiro atoms. The fraction of sp³-hybridized carbons (Fsp3) is 0.571. The summed E-state index contributed by atoms with van der Waals surface area (Å²) in [5.74, 6) is 0.152. The number of hydrogen-bond donors (Lipinski definition) is 0. The number of aromatic nitrogens is 1. The van der Waals surface area contributed by atoms with Gasteiger partial charge < -0.3 is 9.64 Å². The van der Waals surface area contributed by atoms with Crippen molar-refractivity contribution in [3.05, 3.63) is 30.1 Å². The molecule has 0 aliphatic carbocycles. The van der Waals surface area contributed by atoms with Crippen molar-refractivity contribution in [1.29, 1.82) is 0 Å². The van der Waals surface area contributed by atoms with Crippen molar-refractivity contribution in [3.8, 4) is 0 Å². The minimum Gasteiger partial charge on any atom is -0.381 e. The molecule has 4 nitrogen and oxygen atoms in total. The summed E-state index contributed by atoms with van der Waals surface area (Å²) in [6, 6.07) is 4.30. The van der Waals surface area contributed by atoms with Crippen molar-refractivity contribution < 1.29 is 9.53 Å². The first kappa shape index (κ1) is 11.7. The normalized spacial score (nSPS) is 30.5. The molecule has 0 saturated carbocycles. The maximum atomic E-state index is 12.5. The molecule has 2 aliphatic rings. The summed E-state index contributed by atoms with van der Waals surface area (Å²) in [6.07, 6.45) is 7.86. The Hall–Kier alpha value is -1.42. The molecule has 1 aromatic rings. The lowest BCUT2D eigenvalue weighted by atomic mass is 9.98. The summed E-state index contributed by atoms with van der Waals surface area (Å²) in [5.41, 5.74) is 0.748. The van der Waals surface area contributed by atoms with E-state index in [9.17, 15) is 4.79 Å². The minimum atomic E-state index is 0.152. The molecule has 2 bridgehead atoms. The molecule has 1 aromatic heterocycles. The van der Waals surface area contributed by atoms with Crippen LogP contribution in [0.5, 0.6) is 0 Å². The minimum absolute atomic E-state index is 0.152. The van der Waals surface area contributed by atoms with Gasteiger partial charge in [-0.25, -0.2) is 0 Å². The number of amides is 1. The largest absolute Gasteiger partial charge is 0.381 e. The Bertz CT molecular complexity index is 421. The van der Waals surface area contributed by atoms with Gasteiger partial charge in [-0.15, -0.1) is 0 Å². The molecule has 3 rings (SSSR count). The molecule has 96 valence electrons. The second kappa shape index (κ2) is 4.69. The fourth-order valence-electron chi connectivity index (χ4n) is 3.29. The number of carbonyl (C=O) groups excluding carboxylic acids is 1. The molecule has 0 N–H and O–H groups in total. The fourth-order valence-corrected chi connectivity index (χ4v) is 3.29. The highest BCUT2D eigenvalue weighted by atomic mass is 16.5. The number of rotatable bonds is 2. The Kier molecular flexibility index (Phi) is 3.04. The van der Waals surface area contributed by atoms with E-state index < -0.39 is 0 Å². The van der Waals surface area contributed by atoms with E-state index in [1.165, 1.54) is 0 Å². The van der Waals surface area contributed by atoms with E-state index in [4.69, 9.17) is 4.74 Å². The van der Waals surface area contributed by atoms with Gasteiger partial charge in [-0.2, -0.15) is 0 Å². The second-order valence-corrected chi connectivity index (χ2v) is 5.16. The standard InChI is InChI=1S/C14H18N2O2/c1-18-13-8-11-2-3-12(9-13)16(11)14(17)10-4-6-15-7-5-10/h4-7,11-13H,2-3,8-9H2,1H3. The lowest BCUT2D eigenvalue weighted by molar-refractivity contribution is 0.00822. The molecule has 2 fully saturated rings. The van der Waals surface area contributed by atoms with Crippen LogP contribution in [0.1, 0.15) is 36.0 Å². The van der Waals surface area contributed by atoms with Crippen LogP contribution in [0.2, 0.25) is 0 Å².